The van der Waals surface area contributed by atoms with Crippen molar-refractivity contribution in [2.75, 3.05) is 19.8 Å². The minimum Gasteiger partial charge on any atom is -0.396 e. The van der Waals surface area contributed by atoms with Gasteiger partial charge in [-0.25, -0.2) is 0 Å². The molecule has 0 saturated carbocycles. The predicted molar refractivity (Wildman–Crippen MR) is 84.0 cm³/mol. The average molecular weight is 313 g/mol. The van der Waals surface area contributed by atoms with Gasteiger partial charge in [-0.15, -0.1) is 0 Å². The molecule has 0 heterocycles. The van der Waals surface area contributed by atoms with Crippen LogP contribution in [0.3, 0.4) is 0 Å². The highest BCUT2D eigenvalue weighted by atomic mass is 16.3. The van der Waals surface area contributed by atoms with Crippen molar-refractivity contribution in [2.24, 2.45) is 5.41 Å². The molecule has 1 aromatic carbocycles. The van der Waals surface area contributed by atoms with Gasteiger partial charge in [0.1, 0.15) is 6.10 Å². The maximum atomic E-state index is 11.3. The summed E-state index contributed by atoms with van der Waals surface area (Å²) in [5, 5.41) is 37.9. The van der Waals surface area contributed by atoms with Crippen molar-refractivity contribution in [1.82, 2.24) is 5.32 Å². The second-order valence-electron chi connectivity index (χ2n) is 5.56. The first-order valence-electron chi connectivity index (χ1n) is 7.21. The zero-order chi connectivity index (χ0) is 17.0. The minimum absolute atomic E-state index is 0.000230. The van der Waals surface area contributed by atoms with Gasteiger partial charge in [-0.1, -0.05) is 44.2 Å². The normalized spacial score (nSPS) is 12.1. The van der Waals surface area contributed by atoms with E-state index in [-0.39, 0.29) is 19.8 Å². The zero-order valence-electron chi connectivity index (χ0n) is 13.2. The number of carbonyl (C=O) groups excluding carboxylic acids is 1. The summed E-state index contributed by atoms with van der Waals surface area (Å²) in [6.07, 6.45) is -0.774. The number of amides is 1. The first kappa shape index (κ1) is 20.5. The van der Waals surface area contributed by atoms with Gasteiger partial charge in [-0.2, -0.15) is 0 Å². The molecule has 22 heavy (non-hydrogen) atoms. The van der Waals surface area contributed by atoms with Gasteiger partial charge in [0.2, 0.25) is 5.91 Å². The van der Waals surface area contributed by atoms with Crippen molar-refractivity contribution in [2.45, 2.75) is 33.0 Å². The Hall–Kier alpha value is -1.47. The van der Waals surface area contributed by atoms with E-state index in [1.165, 1.54) is 0 Å². The van der Waals surface area contributed by atoms with Crippen molar-refractivity contribution in [3.63, 3.8) is 0 Å². The van der Waals surface area contributed by atoms with E-state index < -0.39 is 17.4 Å². The summed E-state index contributed by atoms with van der Waals surface area (Å²) in [4.78, 5) is 11.3. The smallest absolute Gasteiger partial charge is 0.249 e. The number of aliphatic hydroxyl groups excluding tert-OH is 4. The molecule has 1 rings (SSSR count). The number of carbonyl (C=O) groups is 1. The monoisotopic (exact) mass is 313 g/mol. The van der Waals surface area contributed by atoms with Gasteiger partial charge in [-0.05, 0) is 12.0 Å². The van der Waals surface area contributed by atoms with Crippen LogP contribution in [0.15, 0.2) is 30.3 Å². The van der Waals surface area contributed by atoms with E-state index in [0.29, 0.717) is 13.0 Å². The Morgan fingerprint density at radius 2 is 1.77 bits per heavy atom. The number of rotatable bonds is 7. The standard InChI is InChI=1S/C9H19NO4.C7H8O/c1-9(2,6-12)7(13)8(14)10-4-3-5-11;8-6-7-4-2-1-3-5-7/h7,11-13H,3-6H2,1-2H3,(H,10,14);1-5,8H,6H2. The van der Waals surface area contributed by atoms with Crippen molar-refractivity contribution in [3.05, 3.63) is 35.9 Å². The Bertz CT molecular complexity index is 408. The third kappa shape index (κ3) is 8.09. The van der Waals surface area contributed by atoms with E-state index in [0.717, 1.165) is 5.56 Å². The number of nitrogens with one attached hydrogen (secondary N) is 1. The number of aliphatic hydroxyl groups is 4. The Kier molecular flexibility index (Phi) is 10.4. The fraction of sp³-hybridized carbons (Fsp3) is 0.562. The maximum absolute atomic E-state index is 11.3. The average Bonchev–Trinajstić information content (AvgIpc) is 2.55. The molecular weight excluding hydrogens is 286 g/mol. The molecule has 0 radical (unpaired) electrons. The summed E-state index contributed by atoms with van der Waals surface area (Å²) >= 11 is 0. The van der Waals surface area contributed by atoms with E-state index in [4.69, 9.17) is 15.3 Å². The Morgan fingerprint density at radius 1 is 1.18 bits per heavy atom. The molecule has 6 nitrogen and oxygen atoms in total. The molecule has 0 saturated heterocycles. The van der Waals surface area contributed by atoms with Crippen LogP contribution in [0.1, 0.15) is 25.8 Å². The predicted octanol–water partition coefficient (Wildman–Crippen LogP) is 0.0433. The van der Waals surface area contributed by atoms with E-state index in [2.05, 4.69) is 5.32 Å². The molecule has 1 amide bonds. The number of hydrogen-bond acceptors (Lipinski definition) is 5. The van der Waals surface area contributed by atoms with Crippen LogP contribution in [0.25, 0.3) is 0 Å². The van der Waals surface area contributed by atoms with Crippen LogP contribution in [0.5, 0.6) is 0 Å². The summed E-state index contributed by atoms with van der Waals surface area (Å²) in [5.74, 6) is -0.516. The van der Waals surface area contributed by atoms with E-state index in [1.807, 2.05) is 30.3 Å². The second kappa shape index (κ2) is 11.1. The first-order chi connectivity index (χ1) is 10.4. The highest BCUT2D eigenvalue weighted by molar-refractivity contribution is 5.81. The van der Waals surface area contributed by atoms with Crippen LogP contribution in [-0.4, -0.2) is 52.2 Å². The molecule has 0 aliphatic rings. The van der Waals surface area contributed by atoms with Crippen LogP contribution in [0.4, 0.5) is 0 Å². The topological polar surface area (TPSA) is 110 Å². The molecule has 126 valence electrons. The zero-order valence-corrected chi connectivity index (χ0v) is 13.2. The van der Waals surface area contributed by atoms with Crippen LogP contribution in [-0.2, 0) is 11.4 Å². The van der Waals surface area contributed by atoms with E-state index in [1.54, 1.807) is 13.8 Å². The van der Waals surface area contributed by atoms with Gasteiger partial charge in [0.15, 0.2) is 0 Å². The summed E-state index contributed by atoms with van der Waals surface area (Å²) < 4.78 is 0. The van der Waals surface area contributed by atoms with Crippen LogP contribution in [0.2, 0.25) is 0 Å². The number of hydrogen-bond donors (Lipinski definition) is 5. The van der Waals surface area contributed by atoms with Crippen LogP contribution >= 0.6 is 0 Å². The molecule has 0 bridgehead atoms. The van der Waals surface area contributed by atoms with Crippen molar-refractivity contribution >= 4 is 5.91 Å². The molecule has 5 N–H and O–H groups in total. The first-order valence-corrected chi connectivity index (χ1v) is 7.21. The lowest BCUT2D eigenvalue weighted by Crippen LogP contribution is -2.45. The highest BCUT2D eigenvalue weighted by Gasteiger charge is 2.32. The van der Waals surface area contributed by atoms with Crippen molar-refractivity contribution in [1.29, 1.82) is 0 Å². The van der Waals surface area contributed by atoms with Gasteiger partial charge < -0.3 is 25.7 Å². The quantitative estimate of drug-likeness (QED) is 0.457. The lowest BCUT2D eigenvalue weighted by atomic mass is 9.87. The fourth-order valence-corrected chi connectivity index (χ4v) is 1.41. The largest absolute Gasteiger partial charge is 0.396 e. The third-order valence-corrected chi connectivity index (χ3v) is 3.06. The van der Waals surface area contributed by atoms with Crippen LogP contribution < -0.4 is 5.32 Å². The van der Waals surface area contributed by atoms with E-state index in [9.17, 15) is 9.90 Å². The third-order valence-electron chi connectivity index (χ3n) is 3.06. The summed E-state index contributed by atoms with van der Waals surface area (Å²) in [7, 11) is 0. The number of benzene rings is 1. The van der Waals surface area contributed by atoms with Crippen LogP contribution in [0, 0.1) is 5.41 Å². The Balaban J connectivity index is 0.000000461. The Morgan fingerprint density at radius 3 is 2.18 bits per heavy atom. The van der Waals surface area contributed by atoms with Crippen molar-refractivity contribution in [3.8, 4) is 0 Å². The van der Waals surface area contributed by atoms with Gasteiger partial charge in [0.25, 0.3) is 0 Å². The second-order valence-corrected chi connectivity index (χ2v) is 5.56. The molecule has 0 fully saturated rings. The molecule has 0 aliphatic heterocycles. The minimum atomic E-state index is -1.23. The molecule has 0 aromatic heterocycles. The maximum Gasteiger partial charge on any atom is 0.249 e. The molecule has 6 heteroatoms. The molecule has 1 aromatic rings. The molecule has 1 atom stereocenters. The Labute approximate surface area is 131 Å². The van der Waals surface area contributed by atoms with Gasteiger partial charge >= 0.3 is 0 Å². The molecular formula is C16H27NO5. The van der Waals surface area contributed by atoms with Crippen molar-refractivity contribution < 1.29 is 25.2 Å². The lowest BCUT2D eigenvalue weighted by molar-refractivity contribution is -0.137. The van der Waals surface area contributed by atoms with Gasteiger partial charge in [-0.3, -0.25) is 4.79 Å². The highest BCUT2D eigenvalue weighted by Crippen LogP contribution is 2.19. The molecule has 1 unspecified atom stereocenters. The van der Waals surface area contributed by atoms with E-state index >= 15 is 0 Å². The summed E-state index contributed by atoms with van der Waals surface area (Å²) in [6.45, 7) is 3.41. The molecule has 0 aliphatic carbocycles. The SMILES string of the molecule is CC(C)(CO)C(O)C(=O)NCCCO.OCc1ccccc1. The van der Waals surface area contributed by atoms with Gasteiger partial charge in [0, 0.05) is 18.6 Å². The molecule has 0 spiro atoms. The lowest BCUT2D eigenvalue weighted by Gasteiger charge is -2.27. The summed E-state index contributed by atoms with van der Waals surface area (Å²) in [6, 6.07) is 9.52. The summed E-state index contributed by atoms with van der Waals surface area (Å²) in [5.41, 5.74) is 0.121. The van der Waals surface area contributed by atoms with Gasteiger partial charge in [0.05, 0.1) is 13.2 Å². The fourth-order valence-electron chi connectivity index (χ4n) is 1.41.